The van der Waals surface area contributed by atoms with Crippen LogP contribution in [-0.4, -0.2) is 18.2 Å². The van der Waals surface area contributed by atoms with Crippen LogP contribution in [0.3, 0.4) is 0 Å². The molecular formula is C12H18FN3O. The number of ether oxygens (including phenoxy) is 1. The van der Waals surface area contributed by atoms with Crippen LogP contribution in [0.15, 0.2) is 18.3 Å². The molecule has 1 fully saturated rings. The summed E-state index contributed by atoms with van der Waals surface area (Å²) in [5, 5.41) is 0. The SMILES string of the molecule is NNC(CC1CCOCC1)c1ncccc1F. The molecule has 5 heteroatoms. The summed E-state index contributed by atoms with van der Waals surface area (Å²) in [6.45, 7) is 1.57. The average Bonchev–Trinajstić information content (AvgIpc) is 2.38. The molecule has 1 unspecified atom stereocenters. The molecule has 2 rings (SSSR count). The van der Waals surface area contributed by atoms with Crippen molar-refractivity contribution in [1.29, 1.82) is 0 Å². The van der Waals surface area contributed by atoms with Gasteiger partial charge in [-0.05, 0) is 37.3 Å². The molecule has 4 nitrogen and oxygen atoms in total. The van der Waals surface area contributed by atoms with E-state index in [2.05, 4.69) is 10.4 Å². The molecule has 0 amide bonds. The van der Waals surface area contributed by atoms with Crippen molar-refractivity contribution in [1.82, 2.24) is 10.4 Å². The summed E-state index contributed by atoms with van der Waals surface area (Å²) in [6, 6.07) is 2.77. The van der Waals surface area contributed by atoms with E-state index in [1.807, 2.05) is 0 Å². The van der Waals surface area contributed by atoms with E-state index in [-0.39, 0.29) is 11.9 Å². The summed E-state index contributed by atoms with van der Waals surface area (Å²) in [7, 11) is 0. The number of pyridine rings is 1. The Morgan fingerprint density at radius 1 is 1.53 bits per heavy atom. The van der Waals surface area contributed by atoms with E-state index in [0.717, 1.165) is 32.5 Å². The van der Waals surface area contributed by atoms with Gasteiger partial charge in [-0.15, -0.1) is 0 Å². The van der Waals surface area contributed by atoms with Crippen molar-refractivity contribution in [2.24, 2.45) is 11.8 Å². The lowest BCUT2D eigenvalue weighted by Crippen LogP contribution is -2.32. The maximum atomic E-state index is 13.6. The van der Waals surface area contributed by atoms with Gasteiger partial charge in [0, 0.05) is 19.4 Å². The van der Waals surface area contributed by atoms with E-state index < -0.39 is 0 Å². The van der Waals surface area contributed by atoms with E-state index in [4.69, 9.17) is 10.6 Å². The van der Waals surface area contributed by atoms with Crippen LogP contribution >= 0.6 is 0 Å². The van der Waals surface area contributed by atoms with Crippen molar-refractivity contribution in [2.45, 2.75) is 25.3 Å². The Morgan fingerprint density at radius 3 is 2.94 bits per heavy atom. The summed E-state index contributed by atoms with van der Waals surface area (Å²) in [4.78, 5) is 4.07. The number of hydrogen-bond acceptors (Lipinski definition) is 4. The summed E-state index contributed by atoms with van der Waals surface area (Å²) < 4.78 is 18.9. The Morgan fingerprint density at radius 2 is 2.29 bits per heavy atom. The molecule has 1 aliphatic heterocycles. The zero-order valence-electron chi connectivity index (χ0n) is 9.73. The minimum atomic E-state index is -0.303. The monoisotopic (exact) mass is 239 g/mol. The first-order valence-corrected chi connectivity index (χ1v) is 5.95. The van der Waals surface area contributed by atoms with E-state index >= 15 is 0 Å². The molecule has 0 bridgehead atoms. The number of nitrogens with two attached hydrogens (primary N) is 1. The highest BCUT2D eigenvalue weighted by Crippen LogP contribution is 2.27. The second-order valence-electron chi connectivity index (χ2n) is 4.38. The van der Waals surface area contributed by atoms with Crippen LogP contribution in [0.5, 0.6) is 0 Å². The fourth-order valence-electron chi connectivity index (χ4n) is 2.23. The van der Waals surface area contributed by atoms with Crippen LogP contribution in [0, 0.1) is 11.7 Å². The van der Waals surface area contributed by atoms with Crippen LogP contribution in [0.4, 0.5) is 4.39 Å². The zero-order valence-corrected chi connectivity index (χ0v) is 9.73. The lowest BCUT2D eigenvalue weighted by molar-refractivity contribution is 0.0602. The normalized spacial score (nSPS) is 19.2. The second kappa shape index (κ2) is 6.05. The second-order valence-corrected chi connectivity index (χ2v) is 4.38. The zero-order chi connectivity index (χ0) is 12.1. The molecule has 0 radical (unpaired) electrons. The Labute approximate surface area is 100 Å². The number of nitrogens with zero attached hydrogens (tertiary/aromatic N) is 1. The molecule has 94 valence electrons. The molecular weight excluding hydrogens is 221 g/mol. The number of rotatable bonds is 4. The molecule has 2 heterocycles. The third kappa shape index (κ3) is 3.21. The van der Waals surface area contributed by atoms with Crippen LogP contribution in [-0.2, 0) is 4.74 Å². The molecule has 17 heavy (non-hydrogen) atoms. The molecule has 0 aromatic carbocycles. The highest BCUT2D eigenvalue weighted by atomic mass is 19.1. The molecule has 1 saturated heterocycles. The third-order valence-electron chi connectivity index (χ3n) is 3.23. The molecule has 1 aromatic heterocycles. The van der Waals surface area contributed by atoms with Crippen LogP contribution in [0.2, 0.25) is 0 Å². The number of nitrogens with one attached hydrogen (secondary N) is 1. The van der Waals surface area contributed by atoms with Gasteiger partial charge in [0.15, 0.2) is 0 Å². The first kappa shape index (κ1) is 12.4. The maximum absolute atomic E-state index is 13.6. The molecule has 3 N–H and O–H groups in total. The predicted molar refractivity (Wildman–Crippen MR) is 62.4 cm³/mol. The lowest BCUT2D eigenvalue weighted by atomic mass is 9.91. The van der Waals surface area contributed by atoms with Gasteiger partial charge >= 0.3 is 0 Å². The quantitative estimate of drug-likeness (QED) is 0.618. The van der Waals surface area contributed by atoms with Crippen molar-refractivity contribution < 1.29 is 9.13 Å². The Kier molecular flexibility index (Phi) is 4.42. The first-order chi connectivity index (χ1) is 8.31. The maximum Gasteiger partial charge on any atom is 0.146 e. The molecule has 1 atom stereocenters. The third-order valence-corrected chi connectivity index (χ3v) is 3.23. The highest BCUT2D eigenvalue weighted by Gasteiger charge is 2.22. The highest BCUT2D eigenvalue weighted by molar-refractivity contribution is 5.11. The number of hydrogen-bond donors (Lipinski definition) is 2. The predicted octanol–water partition coefficient (Wildman–Crippen LogP) is 1.54. The topological polar surface area (TPSA) is 60.2 Å². The molecule has 0 aliphatic carbocycles. The lowest BCUT2D eigenvalue weighted by Gasteiger charge is -2.26. The van der Waals surface area contributed by atoms with Gasteiger partial charge < -0.3 is 4.74 Å². The average molecular weight is 239 g/mol. The summed E-state index contributed by atoms with van der Waals surface area (Å²) >= 11 is 0. The summed E-state index contributed by atoms with van der Waals surface area (Å²) in [5.41, 5.74) is 3.07. The van der Waals surface area contributed by atoms with Crippen molar-refractivity contribution >= 4 is 0 Å². The van der Waals surface area contributed by atoms with Gasteiger partial charge in [0.1, 0.15) is 5.82 Å². The van der Waals surface area contributed by atoms with Gasteiger partial charge in [-0.2, -0.15) is 0 Å². The largest absolute Gasteiger partial charge is 0.381 e. The fourth-order valence-corrected chi connectivity index (χ4v) is 2.23. The van der Waals surface area contributed by atoms with Crippen molar-refractivity contribution in [2.75, 3.05) is 13.2 Å². The Bertz CT molecular complexity index is 355. The molecule has 1 aliphatic rings. The molecule has 0 saturated carbocycles. The van der Waals surface area contributed by atoms with E-state index in [9.17, 15) is 4.39 Å². The number of hydrazine groups is 1. The van der Waals surface area contributed by atoms with E-state index in [1.165, 1.54) is 6.07 Å². The molecule has 1 aromatic rings. The fraction of sp³-hybridized carbons (Fsp3) is 0.583. The van der Waals surface area contributed by atoms with Crippen LogP contribution < -0.4 is 11.3 Å². The van der Waals surface area contributed by atoms with Gasteiger partial charge in [-0.25, -0.2) is 4.39 Å². The van der Waals surface area contributed by atoms with Gasteiger partial charge in [-0.1, -0.05) is 0 Å². The van der Waals surface area contributed by atoms with Gasteiger partial charge in [0.2, 0.25) is 0 Å². The minimum absolute atomic E-state index is 0.223. The Hall–Kier alpha value is -1.04. The number of halogens is 1. The number of aromatic nitrogens is 1. The minimum Gasteiger partial charge on any atom is -0.381 e. The summed E-state index contributed by atoms with van der Waals surface area (Å²) in [6.07, 6.45) is 4.40. The van der Waals surface area contributed by atoms with E-state index in [1.54, 1.807) is 12.3 Å². The van der Waals surface area contributed by atoms with Crippen LogP contribution in [0.1, 0.15) is 31.0 Å². The van der Waals surface area contributed by atoms with Crippen molar-refractivity contribution in [3.05, 3.63) is 29.8 Å². The summed E-state index contributed by atoms with van der Waals surface area (Å²) in [5.74, 6) is 5.72. The Balaban J connectivity index is 2.03. The van der Waals surface area contributed by atoms with E-state index in [0.29, 0.717) is 11.6 Å². The van der Waals surface area contributed by atoms with Gasteiger partial charge in [-0.3, -0.25) is 16.3 Å². The standard InChI is InChI=1S/C12H18FN3O/c13-10-2-1-5-15-12(10)11(16-14)8-9-3-6-17-7-4-9/h1-2,5,9,11,16H,3-4,6-8,14H2. The van der Waals surface area contributed by atoms with Crippen molar-refractivity contribution in [3.8, 4) is 0 Å². The van der Waals surface area contributed by atoms with Crippen LogP contribution in [0.25, 0.3) is 0 Å². The van der Waals surface area contributed by atoms with Gasteiger partial charge in [0.25, 0.3) is 0 Å². The smallest absolute Gasteiger partial charge is 0.146 e. The van der Waals surface area contributed by atoms with Gasteiger partial charge in [0.05, 0.1) is 11.7 Å². The van der Waals surface area contributed by atoms with Crippen molar-refractivity contribution in [3.63, 3.8) is 0 Å². The molecule has 0 spiro atoms. The first-order valence-electron chi connectivity index (χ1n) is 5.95.